The van der Waals surface area contributed by atoms with E-state index in [4.69, 9.17) is 0 Å². The Morgan fingerprint density at radius 2 is 1.50 bits per heavy atom. The van der Waals surface area contributed by atoms with E-state index < -0.39 is 5.82 Å². The molecule has 1 heterocycles. The lowest BCUT2D eigenvalue weighted by Gasteiger charge is -2.32. The zero-order valence-electron chi connectivity index (χ0n) is 15.4. The number of nitrogens with one attached hydrogen (secondary N) is 1. The van der Waals surface area contributed by atoms with Crippen molar-refractivity contribution in [3.63, 3.8) is 0 Å². The summed E-state index contributed by atoms with van der Waals surface area (Å²) in [6.07, 6.45) is 1.30. The van der Waals surface area contributed by atoms with E-state index in [1.165, 1.54) is 12.1 Å². The van der Waals surface area contributed by atoms with E-state index in [-0.39, 0.29) is 23.4 Å². The van der Waals surface area contributed by atoms with Gasteiger partial charge in [0.1, 0.15) is 5.82 Å². The van der Waals surface area contributed by atoms with Crippen molar-refractivity contribution in [1.29, 1.82) is 0 Å². The highest BCUT2D eigenvalue weighted by Crippen LogP contribution is 2.20. The Morgan fingerprint density at radius 1 is 0.857 bits per heavy atom. The zero-order chi connectivity index (χ0) is 19.5. The van der Waals surface area contributed by atoms with Crippen molar-refractivity contribution in [2.45, 2.75) is 18.9 Å². The normalized spacial score (nSPS) is 14.8. The van der Waals surface area contributed by atoms with Crippen LogP contribution >= 0.6 is 0 Å². The summed E-state index contributed by atoms with van der Waals surface area (Å²) in [5, 5.41) is 5.04. The molecule has 1 saturated heterocycles. The first-order valence-electron chi connectivity index (χ1n) is 9.46. The number of halogens is 1. The van der Waals surface area contributed by atoms with Crippen LogP contribution in [-0.2, 0) is 0 Å². The number of nitrogens with zero attached hydrogens (tertiary/aromatic N) is 1. The van der Waals surface area contributed by atoms with Gasteiger partial charge in [0.05, 0.1) is 5.56 Å². The minimum absolute atomic E-state index is 0.00358. The fourth-order valence-corrected chi connectivity index (χ4v) is 3.72. The van der Waals surface area contributed by atoms with Gasteiger partial charge in [-0.15, -0.1) is 0 Å². The fraction of sp³-hybridized carbons (Fsp3) is 0.217. The molecular weight excluding hydrogens is 355 g/mol. The molecule has 3 aromatic rings. The largest absolute Gasteiger partial charge is 0.349 e. The summed E-state index contributed by atoms with van der Waals surface area (Å²) in [6, 6.07) is 19.5. The third-order valence-electron chi connectivity index (χ3n) is 5.26. The Kier molecular flexibility index (Phi) is 5.06. The van der Waals surface area contributed by atoms with Crippen LogP contribution in [-0.4, -0.2) is 35.8 Å². The molecule has 4 rings (SSSR count). The highest BCUT2D eigenvalue weighted by Gasteiger charge is 2.26. The second-order valence-corrected chi connectivity index (χ2v) is 7.05. The van der Waals surface area contributed by atoms with Crippen LogP contribution in [0.4, 0.5) is 4.39 Å². The van der Waals surface area contributed by atoms with Gasteiger partial charge in [0.25, 0.3) is 11.8 Å². The van der Waals surface area contributed by atoms with Crippen molar-refractivity contribution < 1.29 is 14.0 Å². The Balaban J connectivity index is 1.40. The van der Waals surface area contributed by atoms with Crippen LogP contribution in [0.1, 0.15) is 33.6 Å². The monoisotopic (exact) mass is 376 g/mol. The first-order chi connectivity index (χ1) is 13.6. The Hall–Kier alpha value is -3.21. The highest BCUT2D eigenvalue weighted by molar-refractivity contribution is 6.07. The smallest absolute Gasteiger partial charge is 0.256 e. The lowest BCUT2D eigenvalue weighted by Crippen LogP contribution is -2.46. The van der Waals surface area contributed by atoms with Crippen LogP contribution < -0.4 is 5.32 Å². The zero-order valence-corrected chi connectivity index (χ0v) is 15.4. The molecule has 2 amide bonds. The summed E-state index contributed by atoms with van der Waals surface area (Å²) in [5.74, 6) is -0.897. The number of amides is 2. The molecule has 1 aliphatic rings. The minimum atomic E-state index is -0.501. The molecule has 3 aromatic carbocycles. The molecule has 0 radical (unpaired) electrons. The predicted octanol–water partition coefficient (Wildman–Crippen LogP) is 4.01. The highest BCUT2D eigenvalue weighted by atomic mass is 19.1. The van der Waals surface area contributed by atoms with Crippen molar-refractivity contribution in [2.24, 2.45) is 0 Å². The van der Waals surface area contributed by atoms with Crippen molar-refractivity contribution in [3.05, 3.63) is 83.7 Å². The van der Waals surface area contributed by atoms with E-state index in [9.17, 15) is 14.0 Å². The molecule has 0 spiro atoms. The van der Waals surface area contributed by atoms with Crippen LogP contribution in [0.3, 0.4) is 0 Å². The molecule has 0 aromatic heterocycles. The fourth-order valence-electron chi connectivity index (χ4n) is 3.72. The van der Waals surface area contributed by atoms with Gasteiger partial charge in [-0.3, -0.25) is 9.59 Å². The van der Waals surface area contributed by atoms with Crippen LogP contribution in [0.5, 0.6) is 0 Å². The number of carbonyl (C=O) groups excluding carboxylic acids is 2. The van der Waals surface area contributed by atoms with Gasteiger partial charge in [-0.05, 0) is 41.8 Å². The predicted molar refractivity (Wildman–Crippen MR) is 107 cm³/mol. The molecule has 0 unspecified atom stereocenters. The van der Waals surface area contributed by atoms with Crippen LogP contribution in [0, 0.1) is 5.82 Å². The molecule has 0 aliphatic carbocycles. The lowest BCUT2D eigenvalue weighted by molar-refractivity contribution is 0.0694. The standard InChI is InChI=1S/C23H21FN2O2/c24-21-11-4-3-9-20(21)23(28)26-14-12-17(13-15-26)25-22(27)19-10-5-7-16-6-1-2-8-18(16)19/h1-11,17H,12-15H2,(H,25,27). The topological polar surface area (TPSA) is 49.4 Å². The summed E-state index contributed by atoms with van der Waals surface area (Å²) >= 11 is 0. The van der Waals surface area contributed by atoms with Gasteiger partial charge in [-0.2, -0.15) is 0 Å². The van der Waals surface area contributed by atoms with Gasteiger partial charge in [-0.1, -0.05) is 48.5 Å². The Morgan fingerprint density at radius 3 is 2.29 bits per heavy atom. The number of hydrogen-bond acceptors (Lipinski definition) is 2. The van der Waals surface area contributed by atoms with Crippen molar-refractivity contribution in [1.82, 2.24) is 10.2 Å². The number of benzene rings is 3. The number of rotatable bonds is 3. The van der Waals surface area contributed by atoms with Crippen molar-refractivity contribution >= 4 is 22.6 Å². The molecule has 0 bridgehead atoms. The third kappa shape index (κ3) is 3.60. The second kappa shape index (κ2) is 7.80. The minimum Gasteiger partial charge on any atom is -0.349 e. The quantitative estimate of drug-likeness (QED) is 0.751. The molecule has 0 atom stereocenters. The summed E-state index contributed by atoms with van der Waals surface area (Å²) in [4.78, 5) is 26.9. The van der Waals surface area contributed by atoms with Crippen molar-refractivity contribution in [3.8, 4) is 0 Å². The Labute approximate surface area is 163 Å². The lowest BCUT2D eigenvalue weighted by atomic mass is 10.0. The third-order valence-corrected chi connectivity index (χ3v) is 5.26. The van der Waals surface area contributed by atoms with Gasteiger partial charge in [-0.25, -0.2) is 4.39 Å². The van der Waals surface area contributed by atoms with Crippen LogP contribution in [0.15, 0.2) is 66.7 Å². The molecule has 0 saturated carbocycles. The average molecular weight is 376 g/mol. The number of fused-ring (bicyclic) bond motifs is 1. The molecule has 1 fully saturated rings. The Bertz CT molecular complexity index is 1020. The maximum Gasteiger partial charge on any atom is 0.256 e. The molecule has 4 nitrogen and oxygen atoms in total. The number of hydrogen-bond donors (Lipinski definition) is 1. The van der Waals surface area contributed by atoms with Gasteiger partial charge < -0.3 is 10.2 Å². The van der Waals surface area contributed by atoms with E-state index in [0.717, 1.165) is 10.8 Å². The molecular formula is C23H21FN2O2. The summed E-state index contributed by atoms with van der Waals surface area (Å²) in [7, 11) is 0. The number of likely N-dealkylation sites (tertiary alicyclic amines) is 1. The second-order valence-electron chi connectivity index (χ2n) is 7.05. The van der Waals surface area contributed by atoms with Gasteiger partial charge in [0.2, 0.25) is 0 Å². The maximum atomic E-state index is 13.9. The van der Waals surface area contributed by atoms with Crippen LogP contribution in [0.25, 0.3) is 10.8 Å². The molecule has 1 aliphatic heterocycles. The van der Waals surface area contributed by atoms with Crippen molar-refractivity contribution in [2.75, 3.05) is 13.1 Å². The van der Waals surface area contributed by atoms with E-state index in [1.54, 1.807) is 17.0 Å². The average Bonchev–Trinajstić information content (AvgIpc) is 2.73. The molecule has 28 heavy (non-hydrogen) atoms. The summed E-state index contributed by atoms with van der Waals surface area (Å²) in [6.45, 7) is 0.987. The molecule has 5 heteroatoms. The van der Waals surface area contributed by atoms with Gasteiger partial charge in [0, 0.05) is 24.7 Å². The summed E-state index contributed by atoms with van der Waals surface area (Å²) < 4.78 is 13.9. The SMILES string of the molecule is O=C(NC1CCN(C(=O)c2ccccc2F)CC1)c1cccc2ccccc12. The molecule has 142 valence electrons. The van der Waals surface area contributed by atoms with Gasteiger partial charge >= 0.3 is 0 Å². The van der Waals surface area contributed by atoms with E-state index in [0.29, 0.717) is 31.5 Å². The van der Waals surface area contributed by atoms with E-state index >= 15 is 0 Å². The first kappa shape index (κ1) is 18.2. The molecule has 1 N–H and O–H groups in total. The summed E-state index contributed by atoms with van der Waals surface area (Å²) in [5.41, 5.74) is 0.753. The first-order valence-corrected chi connectivity index (χ1v) is 9.46. The number of piperidine rings is 1. The van der Waals surface area contributed by atoms with E-state index in [2.05, 4.69) is 5.32 Å². The van der Waals surface area contributed by atoms with Crippen LogP contribution in [0.2, 0.25) is 0 Å². The van der Waals surface area contributed by atoms with E-state index in [1.807, 2.05) is 42.5 Å². The van der Waals surface area contributed by atoms with Gasteiger partial charge in [0.15, 0.2) is 0 Å². The number of carbonyl (C=O) groups is 2. The maximum absolute atomic E-state index is 13.9.